The van der Waals surface area contributed by atoms with Gasteiger partial charge in [0.1, 0.15) is 4.91 Å². The van der Waals surface area contributed by atoms with E-state index in [0.29, 0.717) is 12.8 Å². The van der Waals surface area contributed by atoms with E-state index in [1.165, 1.54) is 6.08 Å². The lowest BCUT2D eigenvalue weighted by atomic mass is 10.2. The standard InChI is InChI=1S/C13H25NO3S/c1-3-5-7-8-10-12(13(14)15)18(16,17)11-9-6-4-2/h10H,3-9,11H2,1-2H3,(H2,14,15)/b12-10-. The van der Waals surface area contributed by atoms with E-state index < -0.39 is 15.7 Å². The van der Waals surface area contributed by atoms with Crippen LogP contribution < -0.4 is 5.73 Å². The van der Waals surface area contributed by atoms with E-state index in [2.05, 4.69) is 6.92 Å². The second kappa shape index (κ2) is 9.14. The fourth-order valence-electron chi connectivity index (χ4n) is 1.66. The third-order valence-electron chi connectivity index (χ3n) is 2.73. The molecule has 106 valence electrons. The number of carbonyl (C=O) groups excluding carboxylic acids is 1. The first-order valence-electron chi connectivity index (χ1n) is 6.68. The highest BCUT2D eigenvalue weighted by molar-refractivity contribution is 7.96. The Hall–Kier alpha value is -0.840. The van der Waals surface area contributed by atoms with E-state index >= 15 is 0 Å². The number of amides is 1. The first kappa shape index (κ1) is 17.2. The summed E-state index contributed by atoms with van der Waals surface area (Å²) >= 11 is 0. The average Bonchev–Trinajstić information content (AvgIpc) is 2.28. The van der Waals surface area contributed by atoms with E-state index in [1.807, 2.05) is 6.92 Å². The molecule has 0 atom stereocenters. The molecule has 18 heavy (non-hydrogen) atoms. The Kier molecular flexibility index (Phi) is 8.71. The Balaban J connectivity index is 4.61. The molecule has 0 rings (SSSR count). The summed E-state index contributed by atoms with van der Waals surface area (Å²) < 4.78 is 23.9. The van der Waals surface area contributed by atoms with E-state index in [4.69, 9.17) is 5.73 Å². The molecule has 4 nitrogen and oxygen atoms in total. The minimum atomic E-state index is -3.49. The lowest BCUT2D eigenvalue weighted by molar-refractivity contribution is -0.113. The Labute approximate surface area is 111 Å². The molecule has 0 bridgehead atoms. The molecule has 0 radical (unpaired) electrons. The fraction of sp³-hybridized carbons (Fsp3) is 0.769. The van der Waals surface area contributed by atoms with Gasteiger partial charge in [0.05, 0.1) is 5.75 Å². The average molecular weight is 275 g/mol. The first-order valence-corrected chi connectivity index (χ1v) is 8.33. The van der Waals surface area contributed by atoms with Gasteiger partial charge in [-0.2, -0.15) is 0 Å². The van der Waals surface area contributed by atoms with Crippen LogP contribution >= 0.6 is 0 Å². The van der Waals surface area contributed by atoms with Gasteiger partial charge in [0.15, 0.2) is 9.84 Å². The predicted octanol–water partition coefficient (Wildman–Crippen LogP) is 2.54. The number of nitrogens with two attached hydrogens (primary N) is 1. The zero-order valence-corrected chi connectivity index (χ0v) is 12.3. The van der Waals surface area contributed by atoms with Crippen LogP contribution in [0.2, 0.25) is 0 Å². The minimum absolute atomic E-state index is 0.0173. The summed E-state index contributed by atoms with van der Waals surface area (Å²) in [5, 5.41) is 0. The lowest BCUT2D eigenvalue weighted by Crippen LogP contribution is -2.23. The highest BCUT2D eigenvalue weighted by Crippen LogP contribution is 2.13. The number of primary amides is 1. The molecule has 0 saturated carbocycles. The largest absolute Gasteiger partial charge is 0.365 e. The van der Waals surface area contributed by atoms with Crippen LogP contribution in [0.5, 0.6) is 0 Å². The molecular formula is C13H25NO3S. The molecule has 5 heteroatoms. The van der Waals surface area contributed by atoms with Gasteiger partial charge >= 0.3 is 0 Å². The molecule has 0 aliphatic carbocycles. The Morgan fingerprint density at radius 1 is 1.06 bits per heavy atom. The van der Waals surface area contributed by atoms with Gasteiger partial charge in [-0.15, -0.1) is 0 Å². The number of sulfone groups is 1. The normalized spacial score (nSPS) is 12.7. The molecule has 0 aliphatic rings. The summed E-state index contributed by atoms with van der Waals surface area (Å²) in [6.45, 7) is 4.07. The van der Waals surface area contributed by atoms with Crippen molar-refractivity contribution >= 4 is 15.7 Å². The summed E-state index contributed by atoms with van der Waals surface area (Å²) in [5.41, 5.74) is 5.16. The second-order valence-corrected chi connectivity index (χ2v) is 6.53. The molecule has 0 saturated heterocycles. The van der Waals surface area contributed by atoms with Crippen LogP contribution in [0, 0.1) is 0 Å². The number of hydrogen-bond acceptors (Lipinski definition) is 3. The quantitative estimate of drug-likeness (QED) is 0.491. The molecule has 0 aromatic carbocycles. The summed E-state index contributed by atoms with van der Waals surface area (Å²) in [6, 6.07) is 0. The van der Waals surface area contributed by atoms with Crippen molar-refractivity contribution in [3.63, 3.8) is 0 Å². The van der Waals surface area contributed by atoms with Crippen molar-refractivity contribution < 1.29 is 13.2 Å². The maximum Gasteiger partial charge on any atom is 0.259 e. The molecule has 2 N–H and O–H groups in total. The monoisotopic (exact) mass is 275 g/mol. The van der Waals surface area contributed by atoms with E-state index in [1.54, 1.807) is 0 Å². The summed E-state index contributed by atoms with van der Waals surface area (Å²) in [4.78, 5) is 11.0. The van der Waals surface area contributed by atoms with Gasteiger partial charge in [-0.3, -0.25) is 4.79 Å². The third-order valence-corrected chi connectivity index (χ3v) is 4.60. The number of hydrogen-bond donors (Lipinski definition) is 1. The Morgan fingerprint density at radius 3 is 2.11 bits per heavy atom. The van der Waals surface area contributed by atoms with Crippen molar-refractivity contribution in [3.05, 3.63) is 11.0 Å². The van der Waals surface area contributed by atoms with E-state index in [-0.39, 0.29) is 10.7 Å². The smallest absolute Gasteiger partial charge is 0.259 e. The number of carbonyl (C=O) groups is 1. The fourth-order valence-corrected chi connectivity index (χ4v) is 3.14. The van der Waals surface area contributed by atoms with Crippen molar-refractivity contribution in [3.8, 4) is 0 Å². The van der Waals surface area contributed by atoms with Crippen LogP contribution in [0.3, 0.4) is 0 Å². The van der Waals surface area contributed by atoms with Crippen LogP contribution in [0.25, 0.3) is 0 Å². The van der Waals surface area contributed by atoms with Gasteiger partial charge in [-0.05, 0) is 19.3 Å². The SMILES string of the molecule is CCCCC/C=C(/C(N)=O)S(=O)(=O)CCCCC. The minimum Gasteiger partial charge on any atom is -0.365 e. The zero-order chi connectivity index (χ0) is 14.0. The number of unbranched alkanes of at least 4 members (excludes halogenated alkanes) is 5. The molecular weight excluding hydrogens is 250 g/mol. The molecule has 0 aliphatic heterocycles. The molecule has 0 aromatic rings. The third kappa shape index (κ3) is 6.79. The highest BCUT2D eigenvalue weighted by atomic mass is 32.2. The topological polar surface area (TPSA) is 77.2 Å². The van der Waals surface area contributed by atoms with E-state index in [0.717, 1.165) is 32.1 Å². The van der Waals surface area contributed by atoms with Gasteiger partial charge in [0, 0.05) is 0 Å². The van der Waals surface area contributed by atoms with Crippen LogP contribution in [0.15, 0.2) is 11.0 Å². The maximum absolute atomic E-state index is 11.9. The Morgan fingerprint density at radius 2 is 1.61 bits per heavy atom. The first-order chi connectivity index (χ1) is 8.45. The zero-order valence-electron chi connectivity index (χ0n) is 11.4. The van der Waals surface area contributed by atoms with Crippen molar-refractivity contribution in [1.82, 2.24) is 0 Å². The molecule has 0 spiro atoms. The Bertz CT molecular complexity index is 372. The van der Waals surface area contributed by atoms with Gasteiger partial charge in [0.2, 0.25) is 0 Å². The highest BCUT2D eigenvalue weighted by Gasteiger charge is 2.21. The molecule has 0 heterocycles. The van der Waals surface area contributed by atoms with Crippen LogP contribution in [0.1, 0.15) is 58.8 Å². The number of allylic oxidation sites excluding steroid dienone is 1. The van der Waals surface area contributed by atoms with Crippen molar-refractivity contribution in [1.29, 1.82) is 0 Å². The van der Waals surface area contributed by atoms with Crippen LogP contribution in [-0.2, 0) is 14.6 Å². The summed E-state index contributed by atoms with van der Waals surface area (Å²) in [5.74, 6) is -0.813. The molecule has 0 aromatic heterocycles. The van der Waals surface area contributed by atoms with Crippen molar-refractivity contribution in [2.24, 2.45) is 5.73 Å². The summed E-state index contributed by atoms with van der Waals surface area (Å²) in [7, 11) is -3.49. The predicted molar refractivity (Wildman–Crippen MR) is 74.7 cm³/mol. The van der Waals surface area contributed by atoms with Crippen molar-refractivity contribution in [2.45, 2.75) is 58.8 Å². The lowest BCUT2D eigenvalue weighted by Gasteiger charge is -2.05. The second-order valence-electron chi connectivity index (χ2n) is 4.45. The molecule has 0 unspecified atom stereocenters. The van der Waals surface area contributed by atoms with Gasteiger partial charge in [-0.25, -0.2) is 8.42 Å². The van der Waals surface area contributed by atoms with Gasteiger partial charge < -0.3 is 5.73 Å². The molecule has 0 fully saturated rings. The maximum atomic E-state index is 11.9. The van der Waals surface area contributed by atoms with Gasteiger partial charge in [0.25, 0.3) is 5.91 Å². The molecule has 1 amide bonds. The van der Waals surface area contributed by atoms with Crippen molar-refractivity contribution in [2.75, 3.05) is 5.75 Å². The number of rotatable bonds is 10. The summed E-state index contributed by atoms with van der Waals surface area (Å²) in [6.07, 6.45) is 7.43. The van der Waals surface area contributed by atoms with Crippen LogP contribution in [-0.4, -0.2) is 20.1 Å². The van der Waals surface area contributed by atoms with Gasteiger partial charge in [-0.1, -0.05) is 45.6 Å². The van der Waals surface area contributed by atoms with Crippen LogP contribution in [0.4, 0.5) is 0 Å². The van der Waals surface area contributed by atoms with E-state index in [9.17, 15) is 13.2 Å².